The number of nitrogens with zero attached hydrogens (tertiary/aromatic N) is 2. The third-order valence-corrected chi connectivity index (χ3v) is 5.32. The van der Waals surface area contributed by atoms with Crippen LogP contribution < -0.4 is 4.74 Å². The predicted molar refractivity (Wildman–Crippen MR) is 108 cm³/mol. The highest BCUT2D eigenvalue weighted by atomic mass is 35.5. The Hall–Kier alpha value is -2.70. The number of carbonyl (C=O) groups excluding carboxylic acids is 1. The zero-order chi connectivity index (χ0) is 19.0. The van der Waals surface area contributed by atoms with Crippen molar-refractivity contribution >= 4 is 49.9 Å². The van der Waals surface area contributed by atoms with E-state index in [0.717, 1.165) is 26.7 Å². The van der Waals surface area contributed by atoms with Crippen molar-refractivity contribution < 1.29 is 14.3 Å². The van der Waals surface area contributed by atoms with Crippen molar-refractivity contribution in [3.8, 4) is 17.0 Å². The van der Waals surface area contributed by atoms with E-state index in [1.54, 1.807) is 20.1 Å². The zero-order valence-corrected chi connectivity index (χ0v) is 16.2. The Bertz CT molecular complexity index is 1170. The number of hydrogen-bond donors (Lipinski definition) is 0. The Morgan fingerprint density at radius 2 is 2.04 bits per heavy atom. The van der Waals surface area contributed by atoms with Gasteiger partial charge in [-0.25, -0.2) is 14.8 Å². The van der Waals surface area contributed by atoms with Crippen LogP contribution in [-0.4, -0.2) is 29.7 Å². The lowest BCUT2D eigenvalue weighted by molar-refractivity contribution is 0.0520. The van der Waals surface area contributed by atoms with Gasteiger partial charge in [0.2, 0.25) is 0 Å². The van der Waals surface area contributed by atoms with E-state index in [2.05, 4.69) is 9.97 Å². The topological polar surface area (TPSA) is 61.3 Å². The minimum atomic E-state index is -0.458. The Labute approximate surface area is 164 Å². The first-order valence-electron chi connectivity index (χ1n) is 8.30. The van der Waals surface area contributed by atoms with Crippen LogP contribution in [0.5, 0.6) is 5.75 Å². The molecule has 0 radical (unpaired) electrons. The molecule has 0 saturated carbocycles. The number of carbonyl (C=O) groups is 1. The smallest absolute Gasteiger partial charge is 0.356 e. The van der Waals surface area contributed by atoms with Crippen molar-refractivity contribution in [2.75, 3.05) is 13.7 Å². The summed E-state index contributed by atoms with van der Waals surface area (Å²) in [6, 6.07) is 11.2. The first kappa shape index (κ1) is 17.7. The maximum absolute atomic E-state index is 12.2. The molecule has 0 amide bonds. The second-order valence-corrected chi connectivity index (χ2v) is 7.10. The molecule has 1 aromatic carbocycles. The van der Waals surface area contributed by atoms with Crippen molar-refractivity contribution in [3.63, 3.8) is 0 Å². The van der Waals surface area contributed by atoms with Crippen molar-refractivity contribution in [2.45, 2.75) is 6.92 Å². The van der Waals surface area contributed by atoms with Crippen LogP contribution in [0.3, 0.4) is 0 Å². The fourth-order valence-electron chi connectivity index (χ4n) is 2.90. The van der Waals surface area contributed by atoms with E-state index in [-0.39, 0.29) is 12.3 Å². The van der Waals surface area contributed by atoms with Crippen LogP contribution in [-0.2, 0) is 4.74 Å². The maximum Gasteiger partial charge on any atom is 0.356 e. The molecule has 0 saturated heterocycles. The summed E-state index contributed by atoms with van der Waals surface area (Å²) in [5, 5.41) is 4.07. The van der Waals surface area contributed by atoms with Gasteiger partial charge >= 0.3 is 5.97 Å². The average molecular weight is 399 g/mol. The van der Waals surface area contributed by atoms with Gasteiger partial charge in [0.25, 0.3) is 0 Å². The number of methoxy groups -OCH3 is 1. The molecule has 3 aromatic heterocycles. The molecular formula is C20H15ClN2O3S. The summed E-state index contributed by atoms with van der Waals surface area (Å²) in [6.07, 6.45) is 0. The highest BCUT2D eigenvalue weighted by molar-refractivity contribution is 7.17. The molecule has 4 aromatic rings. The number of hydrogen-bond acceptors (Lipinski definition) is 6. The minimum Gasteiger partial charge on any atom is -0.497 e. The van der Waals surface area contributed by atoms with Crippen LogP contribution in [0.25, 0.3) is 32.2 Å². The Morgan fingerprint density at radius 1 is 1.19 bits per heavy atom. The summed E-state index contributed by atoms with van der Waals surface area (Å²) in [7, 11) is 1.62. The molecule has 27 heavy (non-hydrogen) atoms. The monoisotopic (exact) mass is 398 g/mol. The number of pyridine rings is 2. The van der Waals surface area contributed by atoms with E-state index < -0.39 is 5.97 Å². The first-order valence-corrected chi connectivity index (χ1v) is 9.56. The Kier molecular flexibility index (Phi) is 4.68. The molecule has 0 N–H and O–H groups in total. The number of esters is 1. The fourth-order valence-corrected chi connectivity index (χ4v) is 3.96. The van der Waals surface area contributed by atoms with Gasteiger partial charge in [-0.15, -0.1) is 11.3 Å². The van der Waals surface area contributed by atoms with E-state index in [0.29, 0.717) is 16.4 Å². The summed E-state index contributed by atoms with van der Waals surface area (Å²) < 4.78 is 11.3. The van der Waals surface area contributed by atoms with Crippen LogP contribution in [0.15, 0.2) is 41.8 Å². The second kappa shape index (κ2) is 7.13. The zero-order valence-electron chi connectivity index (χ0n) is 14.7. The minimum absolute atomic E-state index is 0.253. The lowest BCUT2D eigenvalue weighted by Gasteiger charge is -2.10. The molecule has 3 heterocycles. The molecule has 0 aliphatic carbocycles. The van der Waals surface area contributed by atoms with Gasteiger partial charge in [-0.05, 0) is 48.7 Å². The van der Waals surface area contributed by atoms with E-state index in [1.807, 2.05) is 35.7 Å². The van der Waals surface area contributed by atoms with Crippen LogP contribution in [0.4, 0.5) is 0 Å². The number of benzene rings is 1. The first-order chi connectivity index (χ1) is 13.1. The molecule has 0 spiro atoms. The summed E-state index contributed by atoms with van der Waals surface area (Å²) in [6.45, 7) is 2.05. The fraction of sp³-hybridized carbons (Fsp3) is 0.150. The van der Waals surface area contributed by atoms with Gasteiger partial charge in [-0.1, -0.05) is 11.6 Å². The van der Waals surface area contributed by atoms with Gasteiger partial charge in [0.15, 0.2) is 5.69 Å². The highest BCUT2D eigenvalue weighted by Crippen LogP contribution is 2.36. The lowest BCUT2D eigenvalue weighted by Crippen LogP contribution is -2.07. The molecule has 0 aliphatic rings. The highest BCUT2D eigenvalue weighted by Gasteiger charge is 2.18. The number of halogens is 1. The largest absolute Gasteiger partial charge is 0.497 e. The summed E-state index contributed by atoms with van der Waals surface area (Å²) in [4.78, 5) is 21.3. The quantitative estimate of drug-likeness (QED) is 0.342. The second-order valence-electron chi connectivity index (χ2n) is 5.79. The van der Waals surface area contributed by atoms with Gasteiger partial charge in [0, 0.05) is 21.0 Å². The van der Waals surface area contributed by atoms with Gasteiger partial charge in [-0.3, -0.25) is 0 Å². The van der Waals surface area contributed by atoms with E-state index >= 15 is 0 Å². The van der Waals surface area contributed by atoms with Gasteiger partial charge < -0.3 is 9.47 Å². The molecule has 4 rings (SSSR count). The van der Waals surface area contributed by atoms with Crippen molar-refractivity contribution in [1.29, 1.82) is 0 Å². The normalized spacial score (nSPS) is 11.1. The number of aromatic nitrogens is 2. The third kappa shape index (κ3) is 3.22. The summed E-state index contributed by atoms with van der Waals surface area (Å²) >= 11 is 8.01. The van der Waals surface area contributed by atoms with Crippen molar-refractivity contribution in [3.05, 3.63) is 52.6 Å². The van der Waals surface area contributed by atoms with Gasteiger partial charge in [0.1, 0.15) is 10.9 Å². The van der Waals surface area contributed by atoms with E-state index in [4.69, 9.17) is 21.1 Å². The van der Waals surface area contributed by atoms with Crippen molar-refractivity contribution in [2.24, 2.45) is 0 Å². The summed E-state index contributed by atoms with van der Waals surface area (Å²) in [5.41, 5.74) is 2.28. The SMILES string of the molecule is CCOC(=O)c1cc2sccc2c(-c2cc3cc(OC)ccc3nc2Cl)n1. The summed E-state index contributed by atoms with van der Waals surface area (Å²) in [5.74, 6) is 0.270. The number of fused-ring (bicyclic) bond motifs is 2. The molecule has 0 fully saturated rings. The van der Waals surface area contributed by atoms with Gasteiger partial charge in [0.05, 0.1) is 24.9 Å². The molecule has 5 nitrogen and oxygen atoms in total. The molecule has 0 bridgehead atoms. The van der Waals surface area contributed by atoms with Gasteiger partial charge in [-0.2, -0.15) is 0 Å². The Morgan fingerprint density at radius 3 is 2.81 bits per heavy atom. The number of rotatable bonds is 4. The number of thiophene rings is 1. The van der Waals surface area contributed by atoms with Crippen LogP contribution in [0.2, 0.25) is 5.15 Å². The Balaban J connectivity index is 1.96. The van der Waals surface area contributed by atoms with Crippen LogP contribution in [0, 0.1) is 0 Å². The average Bonchev–Trinajstić information content (AvgIpc) is 3.15. The molecule has 0 atom stereocenters. The standard InChI is InChI=1S/C20H15ClN2O3S/c1-3-26-20(24)16-10-17-13(6-7-27-17)18(22-16)14-9-11-8-12(25-2)4-5-15(11)23-19(14)21/h4-10H,3H2,1-2H3. The molecule has 7 heteroatoms. The molecule has 0 aliphatic heterocycles. The van der Waals surface area contributed by atoms with Crippen LogP contribution in [0.1, 0.15) is 17.4 Å². The van der Waals surface area contributed by atoms with Crippen molar-refractivity contribution in [1.82, 2.24) is 9.97 Å². The number of ether oxygens (including phenoxy) is 2. The van der Waals surface area contributed by atoms with Crippen LogP contribution >= 0.6 is 22.9 Å². The molecule has 0 unspecified atom stereocenters. The lowest BCUT2D eigenvalue weighted by atomic mass is 10.1. The maximum atomic E-state index is 12.2. The molecule has 136 valence electrons. The molecular weight excluding hydrogens is 384 g/mol. The predicted octanol–water partition coefficient (Wildman–Crippen LogP) is 5.35. The van der Waals surface area contributed by atoms with E-state index in [1.165, 1.54) is 11.3 Å². The third-order valence-electron chi connectivity index (χ3n) is 4.17. The van der Waals surface area contributed by atoms with E-state index in [9.17, 15) is 4.79 Å².